The summed E-state index contributed by atoms with van der Waals surface area (Å²) >= 11 is 6.06. The highest BCUT2D eigenvalue weighted by Crippen LogP contribution is 2.42. The van der Waals surface area contributed by atoms with Crippen molar-refractivity contribution in [2.24, 2.45) is 0 Å². The highest BCUT2D eigenvalue weighted by atomic mass is 35.5. The first-order chi connectivity index (χ1) is 17.3. The molecular weight excluding hydrogens is 490 g/mol. The Morgan fingerprint density at radius 3 is 2.72 bits per heavy atom. The van der Waals surface area contributed by atoms with Gasteiger partial charge in [0.2, 0.25) is 6.41 Å². The molecule has 2 aromatic carbocycles. The summed E-state index contributed by atoms with van der Waals surface area (Å²) < 4.78 is 34.4. The van der Waals surface area contributed by atoms with E-state index in [1.807, 2.05) is 6.92 Å². The minimum absolute atomic E-state index is 0.0400. The number of halogens is 3. The Kier molecular flexibility index (Phi) is 7.70. The Balaban J connectivity index is 1.62. The summed E-state index contributed by atoms with van der Waals surface area (Å²) in [6.07, 6.45) is 3.74. The van der Waals surface area contributed by atoms with Gasteiger partial charge in [-0.2, -0.15) is 0 Å². The molecule has 2 heterocycles. The highest BCUT2D eigenvalue weighted by Gasteiger charge is 2.43. The molecule has 1 unspecified atom stereocenters. The van der Waals surface area contributed by atoms with Crippen LogP contribution in [0.5, 0.6) is 0 Å². The average Bonchev–Trinajstić information content (AvgIpc) is 3.37. The van der Waals surface area contributed by atoms with Gasteiger partial charge in [0.05, 0.1) is 11.6 Å². The first kappa shape index (κ1) is 25.8. The first-order valence-corrected chi connectivity index (χ1v) is 12.0. The number of rotatable bonds is 8. The first-order valence-electron chi connectivity index (χ1n) is 11.7. The molecule has 2 amide bonds. The second kappa shape index (κ2) is 10.8. The summed E-state index contributed by atoms with van der Waals surface area (Å²) in [7, 11) is 1.44. The Hall–Kier alpha value is -3.30. The van der Waals surface area contributed by atoms with Gasteiger partial charge in [0, 0.05) is 42.7 Å². The van der Waals surface area contributed by atoms with E-state index in [9.17, 15) is 14.0 Å². The van der Waals surface area contributed by atoms with Gasteiger partial charge < -0.3 is 19.9 Å². The van der Waals surface area contributed by atoms with E-state index in [-0.39, 0.29) is 46.3 Å². The number of methoxy groups -OCH3 is 1. The van der Waals surface area contributed by atoms with Crippen molar-refractivity contribution in [3.05, 3.63) is 81.9 Å². The molecule has 0 radical (unpaired) electrons. The molecule has 1 aliphatic heterocycles. The number of amides is 2. The number of H-pyrrole nitrogens is 1. The number of carbonyl (C=O) groups is 2. The van der Waals surface area contributed by atoms with Crippen LogP contribution in [0.25, 0.3) is 0 Å². The van der Waals surface area contributed by atoms with Crippen molar-refractivity contribution in [1.29, 1.82) is 0 Å². The number of likely N-dealkylation sites (tertiary alicyclic amines) is 1. The molecule has 36 heavy (non-hydrogen) atoms. The number of imidazole rings is 1. The van der Waals surface area contributed by atoms with Gasteiger partial charge in [-0.15, -0.1) is 0 Å². The van der Waals surface area contributed by atoms with Crippen LogP contribution >= 0.6 is 11.6 Å². The van der Waals surface area contributed by atoms with Crippen LogP contribution in [-0.2, 0) is 15.1 Å². The summed E-state index contributed by atoms with van der Waals surface area (Å²) in [5.41, 5.74) is 0.757. The van der Waals surface area contributed by atoms with Gasteiger partial charge in [0.1, 0.15) is 17.2 Å². The van der Waals surface area contributed by atoms with E-state index in [0.717, 1.165) is 17.7 Å². The normalized spacial score (nSPS) is 18.6. The fourth-order valence-electron chi connectivity index (χ4n) is 4.95. The number of carbonyl (C=O) groups excluding carboxylic acids is 2. The summed E-state index contributed by atoms with van der Waals surface area (Å²) in [6, 6.07) is 9.11. The smallest absolute Gasteiger partial charge is 0.289 e. The highest BCUT2D eigenvalue weighted by molar-refractivity contribution is 6.31. The van der Waals surface area contributed by atoms with E-state index in [1.54, 1.807) is 23.2 Å². The predicted octanol–water partition coefficient (Wildman–Crippen LogP) is 5.23. The lowest BCUT2D eigenvalue weighted by Crippen LogP contribution is -2.50. The predicted molar refractivity (Wildman–Crippen MR) is 132 cm³/mol. The molecule has 1 aromatic heterocycles. The van der Waals surface area contributed by atoms with Crippen LogP contribution in [0.15, 0.2) is 42.6 Å². The van der Waals surface area contributed by atoms with Crippen molar-refractivity contribution in [3.63, 3.8) is 0 Å². The molecule has 0 aliphatic carbocycles. The lowest BCUT2D eigenvalue weighted by molar-refractivity contribution is -0.105. The number of nitrogens with zero attached hydrogens (tertiary/aromatic N) is 2. The van der Waals surface area contributed by atoms with E-state index in [4.69, 9.17) is 16.3 Å². The van der Waals surface area contributed by atoms with Crippen LogP contribution in [0.2, 0.25) is 5.02 Å². The molecule has 0 bridgehead atoms. The van der Waals surface area contributed by atoms with Crippen molar-refractivity contribution < 1.29 is 23.1 Å². The zero-order valence-electron chi connectivity index (χ0n) is 20.0. The molecule has 1 fully saturated rings. The van der Waals surface area contributed by atoms with Gasteiger partial charge in [-0.1, -0.05) is 30.7 Å². The van der Waals surface area contributed by atoms with Gasteiger partial charge in [0.25, 0.3) is 5.91 Å². The van der Waals surface area contributed by atoms with Crippen molar-refractivity contribution in [2.45, 2.75) is 37.7 Å². The Labute approximate surface area is 212 Å². The average molecular weight is 517 g/mol. The number of benzene rings is 2. The van der Waals surface area contributed by atoms with Gasteiger partial charge >= 0.3 is 0 Å². The van der Waals surface area contributed by atoms with E-state index in [0.29, 0.717) is 25.8 Å². The Bertz CT molecular complexity index is 1250. The van der Waals surface area contributed by atoms with Crippen molar-refractivity contribution in [3.8, 4) is 0 Å². The summed E-state index contributed by atoms with van der Waals surface area (Å²) in [5, 5.41) is 2.40. The number of aromatic nitrogens is 2. The number of hydrogen-bond donors (Lipinski definition) is 2. The third-order valence-corrected chi connectivity index (χ3v) is 7.04. The van der Waals surface area contributed by atoms with Crippen molar-refractivity contribution >= 4 is 29.6 Å². The summed E-state index contributed by atoms with van der Waals surface area (Å²) in [4.78, 5) is 33.6. The van der Waals surface area contributed by atoms with Crippen molar-refractivity contribution in [1.82, 2.24) is 14.9 Å². The third-order valence-electron chi connectivity index (χ3n) is 6.75. The van der Waals surface area contributed by atoms with Gasteiger partial charge in [-0.05, 0) is 49.1 Å². The molecule has 190 valence electrons. The van der Waals surface area contributed by atoms with Gasteiger partial charge in [-0.25, -0.2) is 13.8 Å². The van der Waals surface area contributed by atoms with E-state index in [1.165, 1.54) is 31.4 Å². The van der Waals surface area contributed by atoms with E-state index >= 15 is 4.39 Å². The molecule has 0 spiro atoms. The number of hydrogen-bond acceptors (Lipinski definition) is 4. The maximum absolute atomic E-state index is 15.3. The largest absolute Gasteiger partial charge is 0.371 e. The quantitative estimate of drug-likeness (QED) is 0.401. The van der Waals surface area contributed by atoms with Crippen LogP contribution in [0.3, 0.4) is 0 Å². The Morgan fingerprint density at radius 2 is 2.06 bits per heavy atom. The van der Waals surface area contributed by atoms with Crippen LogP contribution in [-0.4, -0.2) is 47.4 Å². The van der Waals surface area contributed by atoms with E-state index in [2.05, 4.69) is 15.3 Å². The molecule has 1 saturated heterocycles. The number of aromatic amines is 1. The number of ether oxygens (including phenoxy) is 1. The molecule has 0 saturated carbocycles. The minimum Gasteiger partial charge on any atom is -0.371 e. The SMILES string of the molecule is CCC(c1ccc(F)cc1)c1cnc(C(=O)N2CCC[C@@](OC)(c3c(NC=O)ccc(Cl)c3F)C2)[nH]1. The fourth-order valence-corrected chi connectivity index (χ4v) is 5.11. The fraction of sp³-hybridized carbons (Fsp3) is 0.346. The summed E-state index contributed by atoms with van der Waals surface area (Å²) in [5.74, 6) is -1.32. The lowest BCUT2D eigenvalue weighted by atomic mass is 9.83. The molecule has 10 heteroatoms. The molecule has 3 aromatic rings. The third kappa shape index (κ3) is 4.85. The van der Waals surface area contributed by atoms with Crippen LogP contribution in [0, 0.1) is 11.6 Å². The minimum atomic E-state index is -1.22. The van der Waals surface area contributed by atoms with Gasteiger partial charge in [-0.3, -0.25) is 9.59 Å². The van der Waals surface area contributed by atoms with Gasteiger partial charge in [0.15, 0.2) is 5.82 Å². The molecule has 4 rings (SSSR count). The Morgan fingerprint density at radius 1 is 1.31 bits per heavy atom. The zero-order valence-corrected chi connectivity index (χ0v) is 20.7. The second-order valence-electron chi connectivity index (χ2n) is 8.77. The molecule has 2 atom stereocenters. The maximum Gasteiger partial charge on any atom is 0.289 e. The molecule has 7 nitrogen and oxygen atoms in total. The summed E-state index contributed by atoms with van der Waals surface area (Å²) in [6.45, 7) is 2.46. The zero-order chi connectivity index (χ0) is 25.9. The number of anilines is 1. The lowest BCUT2D eigenvalue weighted by Gasteiger charge is -2.42. The number of piperidine rings is 1. The molecule has 2 N–H and O–H groups in total. The monoisotopic (exact) mass is 516 g/mol. The van der Waals surface area contributed by atoms with Crippen molar-refractivity contribution in [2.75, 3.05) is 25.5 Å². The topological polar surface area (TPSA) is 87.3 Å². The van der Waals surface area contributed by atoms with E-state index < -0.39 is 11.4 Å². The van der Waals surface area contributed by atoms with Crippen LogP contribution in [0.1, 0.15) is 59.5 Å². The number of nitrogens with one attached hydrogen (secondary N) is 2. The maximum atomic E-state index is 15.3. The molecule has 1 aliphatic rings. The second-order valence-corrected chi connectivity index (χ2v) is 9.18. The molecular formula is C26H27ClF2N4O3. The van der Waals surface area contributed by atoms with Crippen LogP contribution in [0.4, 0.5) is 14.5 Å². The standard InChI is InChI=1S/C26H27ClF2N4O3/c1-3-18(16-5-7-17(28)8-6-16)21-13-30-24(32-21)25(35)33-12-4-11-26(14-33,36-2)22-20(31-15-34)10-9-19(27)23(22)29/h5-10,13,15,18H,3-4,11-12,14H2,1-2H3,(H,30,32)(H,31,34)/t18?,26-/m0/s1. The van der Waals surface area contributed by atoms with Crippen LogP contribution < -0.4 is 5.32 Å².